The minimum atomic E-state index is -0.360. The molecule has 0 saturated heterocycles. The van der Waals surface area contributed by atoms with E-state index in [1.165, 1.54) is 12.1 Å². The third kappa shape index (κ3) is 3.68. The molecule has 1 aromatic heterocycles. The zero-order valence-corrected chi connectivity index (χ0v) is 13.0. The van der Waals surface area contributed by atoms with Gasteiger partial charge in [0.25, 0.3) is 0 Å². The number of nitrogens with one attached hydrogen (secondary N) is 1. The average molecular weight is 289 g/mol. The van der Waals surface area contributed by atoms with Gasteiger partial charge < -0.3 is 10.1 Å². The molecule has 0 aliphatic heterocycles. The van der Waals surface area contributed by atoms with Crippen LogP contribution in [0.1, 0.15) is 26.3 Å². The first-order valence-electron chi connectivity index (χ1n) is 6.75. The summed E-state index contributed by atoms with van der Waals surface area (Å²) in [6.07, 6.45) is 3.40. The Morgan fingerprint density at radius 3 is 2.29 bits per heavy atom. The highest BCUT2D eigenvalue weighted by atomic mass is 19.1. The van der Waals surface area contributed by atoms with Gasteiger partial charge >= 0.3 is 0 Å². The van der Waals surface area contributed by atoms with Crippen molar-refractivity contribution in [2.75, 3.05) is 12.4 Å². The van der Waals surface area contributed by atoms with Gasteiger partial charge in [-0.05, 0) is 39.3 Å². The zero-order chi connectivity index (χ0) is 15.6. The molecule has 0 aliphatic carbocycles. The van der Waals surface area contributed by atoms with E-state index in [0.717, 1.165) is 5.56 Å². The van der Waals surface area contributed by atoms with Gasteiger partial charge in [0.05, 0.1) is 18.4 Å². The standard InChI is InChI=1S/C16H20FN3O/c1-10-8-18-15(19-9-10)12-6-11(17)7-13(14(12)21-5)20-16(2,3)4/h6-9,20H,1-5H3. The van der Waals surface area contributed by atoms with Crippen molar-refractivity contribution >= 4 is 5.69 Å². The molecule has 0 saturated carbocycles. The number of benzene rings is 1. The quantitative estimate of drug-likeness (QED) is 0.933. The number of aromatic nitrogens is 2. The Morgan fingerprint density at radius 2 is 1.76 bits per heavy atom. The van der Waals surface area contributed by atoms with Crippen molar-refractivity contribution in [3.05, 3.63) is 35.9 Å². The lowest BCUT2D eigenvalue weighted by molar-refractivity contribution is 0.415. The number of hydrogen-bond acceptors (Lipinski definition) is 4. The highest BCUT2D eigenvalue weighted by Gasteiger charge is 2.19. The predicted octanol–water partition coefficient (Wildman–Crippen LogP) is 3.81. The van der Waals surface area contributed by atoms with E-state index < -0.39 is 0 Å². The second-order valence-corrected chi connectivity index (χ2v) is 5.99. The van der Waals surface area contributed by atoms with Gasteiger partial charge in [-0.1, -0.05) is 0 Å². The van der Waals surface area contributed by atoms with Gasteiger partial charge in [-0.2, -0.15) is 0 Å². The highest BCUT2D eigenvalue weighted by molar-refractivity contribution is 5.75. The summed E-state index contributed by atoms with van der Waals surface area (Å²) < 4.78 is 19.4. The van der Waals surface area contributed by atoms with Crippen molar-refractivity contribution in [3.8, 4) is 17.1 Å². The number of halogens is 1. The van der Waals surface area contributed by atoms with Gasteiger partial charge in [0.2, 0.25) is 0 Å². The van der Waals surface area contributed by atoms with E-state index >= 15 is 0 Å². The van der Waals surface area contributed by atoms with Gasteiger partial charge in [0.1, 0.15) is 5.82 Å². The summed E-state index contributed by atoms with van der Waals surface area (Å²) in [6, 6.07) is 2.80. The smallest absolute Gasteiger partial charge is 0.163 e. The first-order valence-corrected chi connectivity index (χ1v) is 6.75. The number of aryl methyl sites for hydroxylation is 1. The molecule has 21 heavy (non-hydrogen) atoms. The molecule has 1 heterocycles. The Morgan fingerprint density at radius 1 is 1.14 bits per heavy atom. The molecule has 1 aromatic carbocycles. The third-order valence-corrected chi connectivity index (χ3v) is 2.79. The maximum atomic E-state index is 13.9. The SMILES string of the molecule is COc1c(NC(C)(C)C)cc(F)cc1-c1ncc(C)cn1. The number of hydrogen-bond donors (Lipinski definition) is 1. The molecule has 0 spiro atoms. The molecule has 0 radical (unpaired) electrons. The van der Waals surface area contributed by atoms with E-state index in [4.69, 9.17) is 4.74 Å². The number of anilines is 1. The van der Waals surface area contributed by atoms with Gasteiger partial charge in [-0.25, -0.2) is 14.4 Å². The van der Waals surface area contributed by atoms with Crippen molar-refractivity contribution in [2.24, 2.45) is 0 Å². The summed E-state index contributed by atoms with van der Waals surface area (Å²) >= 11 is 0. The Kier molecular flexibility index (Phi) is 4.11. The number of rotatable bonds is 3. The molecular formula is C16H20FN3O. The first-order chi connectivity index (χ1) is 9.80. The fourth-order valence-electron chi connectivity index (χ4n) is 2.01. The lowest BCUT2D eigenvalue weighted by atomic mass is 10.1. The summed E-state index contributed by atoms with van der Waals surface area (Å²) in [6.45, 7) is 7.90. The van der Waals surface area contributed by atoms with Crippen LogP contribution in [0.3, 0.4) is 0 Å². The van der Waals surface area contributed by atoms with Crippen LogP contribution in [0, 0.1) is 12.7 Å². The van der Waals surface area contributed by atoms with E-state index in [-0.39, 0.29) is 11.4 Å². The van der Waals surface area contributed by atoms with Crippen molar-refractivity contribution in [1.82, 2.24) is 9.97 Å². The summed E-state index contributed by atoms with van der Waals surface area (Å²) in [7, 11) is 1.55. The van der Waals surface area contributed by atoms with Crippen molar-refractivity contribution in [1.29, 1.82) is 0 Å². The van der Waals surface area contributed by atoms with Crippen LogP contribution in [0.4, 0.5) is 10.1 Å². The lowest BCUT2D eigenvalue weighted by Crippen LogP contribution is -2.26. The molecule has 2 aromatic rings. The minimum absolute atomic E-state index is 0.216. The van der Waals surface area contributed by atoms with Gasteiger partial charge in [0, 0.05) is 24.0 Å². The van der Waals surface area contributed by atoms with E-state index in [9.17, 15) is 4.39 Å². The number of ether oxygens (including phenoxy) is 1. The largest absolute Gasteiger partial charge is 0.494 e. The second-order valence-electron chi connectivity index (χ2n) is 5.99. The maximum Gasteiger partial charge on any atom is 0.163 e. The molecule has 0 aliphatic rings. The normalized spacial score (nSPS) is 11.3. The Balaban J connectivity index is 2.57. The van der Waals surface area contributed by atoms with Crippen LogP contribution >= 0.6 is 0 Å². The molecule has 1 N–H and O–H groups in total. The lowest BCUT2D eigenvalue weighted by Gasteiger charge is -2.24. The van der Waals surface area contributed by atoms with Gasteiger partial charge in [-0.3, -0.25) is 0 Å². The highest BCUT2D eigenvalue weighted by Crippen LogP contribution is 2.37. The second kappa shape index (κ2) is 5.68. The van der Waals surface area contributed by atoms with Crippen molar-refractivity contribution < 1.29 is 9.13 Å². The van der Waals surface area contributed by atoms with Gasteiger partial charge in [0.15, 0.2) is 11.6 Å². The monoisotopic (exact) mass is 289 g/mol. The van der Waals surface area contributed by atoms with E-state index in [0.29, 0.717) is 22.8 Å². The molecule has 4 nitrogen and oxygen atoms in total. The Bertz CT molecular complexity index is 633. The Labute approximate surface area is 124 Å². The molecular weight excluding hydrogens is 269 g/mol. The average Bonchev–Trinajstić information content (AvgIpc) is 2.37. The fourth-order valence-corrected chi connectivity index (χ4v) is 2.01. The molecule has 5 heteroatoms. The van der Waals surface area contributed by atoms with Crippen LogP contribution in [0.15, 0.2) is 24.5 Å². The van der Waals surface area contributed by atoms with Gasteiger partial charge in [-0.15, -0.1) is 0 Å². The minimum Gasteiger partial charge on any atom is -0.494 e. The summed E-state index contributed by atoms with van der Waals surface area (Å²) in [4.78, 5) is 8.50. The maximum absolute atomic E-state index is 13.9. The van der Waals surface area contributed by atoms with Crippen LogP contribution in [0.2, 0.25) is 0 Å². The van der Waals surface area contributed by atoms with Crippen LogP contribution in [0.5, 0.6) is 5.75 Å². The number of methoxy groups -OCH3 is 1. The summed E-state index contributed by atoms with van der Waals surface area (Å²) in [5.74, 6) is 0.616. The van der Waals surface area contributed by atoms with E-state index in [1.54, 1.807) is 19.5 Å². The van der Waals surface area contributed by atoms with E-state index in [2.05, 4.69) is 15.3 Å². The Hall–Kier alpha value is -2.17. The number of nitrogens with zero attached hydrogens (tertiary/aromatic N) is 2. The van der Waals surface area contributed by atoms with E-state index in [1.807, 2.05) is 27.7 Å². The molecule has 2 rings (SSSR count). The fraction of sp³-hybridized carbons (Fsp3) is 0.375. The van der Waals surface area contributed by atoms with Crippen molar-refractivity contribution in [3.63, 3.8) is 0 Å². The summed E-state index contributed by atoms with van der Waals surface area (Å²) in [5, 5.41) is 3.24. The molecule has 0 fully saturated rings. The van der Waals surface area contributed by atoms with Crippen LogP contribution in [0.25, 0.3) is 11.4 Å². The van der Waals surface area contributed by atoms with Crippen LogP contribution < -0.4 is 10.1 Å². The summed E-state index contributed by atoms with van der Waals surface area (Å²) in [5.41, 5.74) is 1.85. The molecule has 0 atom stereocenters. The van der Waals surface area contributed by atoms with Crippen molar-refractivity contribution in [2.45, 2.75) is 33.2 Å². The first kappa shape index (κ1) is 15.2. The van der Waals surface area contributed by atoms with Crippen LogP contribution in [-0.4, -0.2) is 22.6 Å². The third-order valence-electron chi connectivity index (χ3n) is 2.79. The molecule has 0 bridgehead atoms. The zero-order valence-electron chi connectivity index (χ0n) is 13.0. The predicted molar refractivity (Wildman–Crippen MR) is 82.1 cm³/mol. The topological polar surface area (TPSA) is 47.0 Å². The van der Waals surface area contributed by atoms with Crippen LogP contribution in [-0.2, 0) is 0 Å². The molecule has 0 amide bonds. The molecule has 0 unspecified atom stereocenters. The molecule has 112 valence electrons.